The molecule has 3 aromatic rings. The van der Waals surface area contributed by atoms with Crippen LogP contribution in [0.5, 0.6) is 11.5 Å². The largest absolute Gasteiger partial charge is 0.493 e. The highest BCUT2D eigenvalue weighted by molar-refractivity contribution is 5.93. The highest BCUT2D eigenvalue weighted by Gasteiger charge is 2.26. The summed E-state index contributed by atoms with van der Waals surface area (Å²) < 4.78 is 25.6. The lowest BCUT2D eigenvalue weighted by Crippen LogP contribution is -2.36. The topological polar surface area (TPSA) is 56.6 Å². The number of hydrogen-bond donors (Lipinski definition) is 0. The van der Waals surface area contributed by atoms with Crippen LogP contribution in [0, 0.1) is 5.82 Å². The lowest BCUT2D eigenvalue weighted by Gasteiger charge is -2.29. The maximum atomic E-state index is 13.2. The summed E-state index contributed by atoms with van der Waals surface area (Å²) >= 11 is 0. The number of benzene rings is 2. The van der Waals surface area contributed by atoms with Crippen molar-refractivity contribution in [1.82, 2.24) is 14.5 Å². The van der Waals surface area contributed by atoms with Crippen molar-refractivity contribution >= 4 is 5.91 Å². The normalized spacial score (nSPS) is 13.2. The highest BCUT2D eigenvalue weighted by atomic mass is 19.1. The van der Waals surface area contributed by atoms with E-state index < -0.39 is 0 Å². The number of halogens is 1. The van der Waals surface area contributed by atoms with Crippen LogP contribution >= 0.6 is 0 Å². The number of nitrogens with zero attached hydrogens (tertiary/aromatic N) is 3. The molecule has 1 aliphatic heterocycles. The first-order valence-electron chi connectivity index (χ1n) is 8.92. The second-order valence-corrected chi connectivity index (χ2v) is 6.58. The Balaban J connectivity index is 1.61. The van der Waals surface area contributed by atoms with Crippen LogP contribution in [0.15, 0.2) is 48.9 Å². The van der Waals surface area contributed by atoms with Crippen LogP contribution in [0.1, 0.15) is 21.6 Å². The molecule has 0 fully saturated rings. The molecule has 144 valence electrons. The van der Waals surface area contributed by atoms with Crippen molar-refractivity contribution < 1.29 is 18.7 Å². The first-order chi connectivity index (χ1) is 13.6. The van der Waals surface area contributed by atoms with E-state index in [9.17, 15) is 9.18 Å². The molecule has 0 N–H and O–H groups in total. The average Bonchev–Trinajstić information content (AvgIpc) is 3.22. The average molecular weight is 381 g/mol. The molecule has 0 unspecified atom stereocenters. The number of amides is 1. The monoisotopic (exact) mass is 381 g/mol. The Morgan fingerprint density at radius 1 is 1.07 bits per heavy atom. The third-order valence-corrected chi connectivity index (χ3v) is 4.97. The van der Waals surface area contributed by atoms with E-state index in [0.717, 1.165) is 17.5 Å². The van der Waals surface area contributed by atoms with E-state index in [1.54, 1.807) is 42.1 Å². The minimum Gasteiger partial charge on any atom is -0.493 e. The van der Waals surface area contributed by atoms with Crippen molar-refractivity contribution in [2.45, 2.75) is 13.0 Å². The van der Waals surface area contributed by atoms with Gasteiger partial charge in [0.1, 0.15) is 11.5 Å². The summed E-state index contributed by atoms with van der Waals surface area (Å²) in [5.74, 6) is 0.887. The van der Waals surface area contributed by atoms with Crippen LogP contribution in [0.2, 0.25) is 0 Å². The summed E-state index contributed by atoms with van der Waals surface area (Å²) in [5.41, 5.74) is 3.31. The van der Waals surface area contributed by atoms with E-state index >= 15 is 0 Å². The lowest BCUT2D eigenvalue weighted by molar-refractivity contribution is 0.0726. The predicted octanol–water partition coefficient (Wildman–Crippen LogP) is 3.23. The van der Waals surface area contributed by atoms with E-state index in [-0.39, 0.29) is 11.7 Å². The minimum absolute atomic E-state index is 0.123. The molecule has 2 aromatic carbocycles. The summed E-state index contributed by atoms with van der Waals surface area (Å²) in [6, 6.07) is 9.86. The Kier molecular flexibility index (Phi) is 4.73. The van der Waals surface area contributed by atoms with Gasteiger partial charge in [0.25, 0.3) is 5.91 Å². The number of hydrogen-bond acceptors (Lipinski definition) is 4. The Bertz CT molecular complexity index is 1010. The molecule has 6 nitrogen and oxygen atoms in total. The van der Waals surface area contributed by atoms with Gasteiger partial charge in [-0.05, 0) is 53.9 Å². The van der Waals surface area contributed by atoms with Gasteiger partial charge in [-0.3, -0.25) is 9.36 Å². The maximum Gasteiger partial charge on any atom is 0.272 e. The van der Waals surface area contributed by atoms with E-state index in [1.807, 2.05) is 12.1 Å². The number of rotatable bonds is 4. The van der Waals surface area contributed by atoms with E-state index in [2.05, 4.69) is 4.98 Å². The highest BCUT2D eigenvalue weighted by Crippen LogP contribution is 2.33. The van der Waals surface area contributed by atoms with Gasteiger partial charge in [0, 0.05) is 18.8 Å². The first kappa shape index (κ1) is 18.0. The summed E-state index contributed by atoms with van der Waals surface area (Å²) in [5, 5.41) is 0. The van der Waals surface area contributed by atoms with Gasteiger partial charge in [-0.25, -0.2) is 9.37 Å². The van der Waals surface area contributed by atoms with Gasteiger partial charge in [0.2, 0.25) is 0 Å². The standard InChI is InChI=1S/C21H20FN3O3/c1-27-19-9-14-7-8-24(12-15(14)10-20(19)28-2)21(26)18-11-23-13-25(18)17-5-3-16(22)4-6-17/h3-6,9-11,13H,7-8,12H2,1-2H3. The predicted molar refractivity (Wildman–Crippen MR) is 102 cm³/mol. The van der Waals surface area contributed by atoms with Gasteiger partial charge >= 0.3 is 0 Å². The maximum absolute atomic E-state index is 13.2. The van der Waals surface area contributed by atoms with Crippen LogP contribution in [0.4, 0.5) is 4.39 Å². The fourth-order valence-electron chi connectivity index (χ4n) is 3.48. The summed E-state index contributed by atoms with van der Waals surface area (Å²) in [4.78, 5) is 19.0. The fourth-order valence-corrected chi connectivity index (χ4v) is 3.48. The molecular weight excluding hydrogens is 361 g/mol. The van der Waals surface area contributed by atoms with Crippen LogP contribution in [0.3, 0.4) is 0 Å². The quantitative estimate of drug-likeness (QED) is 0.696. The number of carbonyl (C=O) groups excluding carboxylic acids is 1. The zero-order chi connectivity index (χ0) is 19.7. The van der Waals surface area contributed by atoms with Crippen molar-refractivity contribution in [1.29, 1.82) is 0 Å². The molecule has 28 heavy (non-hydrogen) atoms. The summed E-state index contributed by atoms with van der Waals surface area (Å²) in [6.07, 6.45) is 3.83. The second-order valence-electron chi connectivity index (χ2n) is 6.58. The van der Waals surface area contributed by atoms with Crippen LogP contribution in [0.25, 0.3) is 5.69 Å². The van der Waals surface area contributed by atoms with Gasteiger partial charge in [-0.15, -0.1) is 0 Å². The lowest BCUT2D eigenvalue weighted by atomic mass is 9.98. The molecule has 1 aliphatic rings. The number of imidazole rings is 1. The molecule has 0 atom stereocenters. The van der Waals surface area contributed by atoms with Crippen LogP contribution in [-0.4, -0.2) is 41.1 Å². The molecule has 2 heterocycles. The molecule has 0 radical (unpaired) electrons. The van der Waals surface area contributed by atoms with Crippen molar-refractivity contribution in [2.24, 2.45) is 0 Å². The molecule has 0 bridgehead atoms. The van der Waals surface area contributed by atoms with Gasteiger partial charge in [0.05, 0.1) is 26.7 Å². The second kappa shape index (κ2) is 7.34. The zero-order valence-corrected chi connectivity index (χ0v) is 15.7. The SMILES string of the molecule is COc1cc2c(cc1OC)CN(C(=O)c1cncn1-c1ccc(F)cc1)CC2. The molecular formula is C21H20FN3O3. The third kappa shape index (κ3) is 3.19. The van der Waals surface area contributed by atoms with E-state index in [1.165, 1.54) is 18.3 Å². The Morgan fingerprint density at radius 3 is 2.43 bits per heavy atom. The van der Waals surface area contributed by atoms with Gasteiger partial charge in [0.15, 0.2) is 11.5 Å². The van der Waals surface area contributed by atoms with E-state index in [0.29, 0.717) is 36.0 Å². The molecule has 7 heteroatoms. The molecule has 0 spiro atoms. The molecule has 1 amide bonds. The van der Waals surface area contributed by atoms with Crippen molar-refractivity contribution in [3.8, 4) is 17.2 Å². The summed E-state index contributed by atoms with van der Waals surface area (Å²) in [7, 11) is 3.21. The number of fused-ring (bicyclic) bond motifs is 1. The van der Waals surface area contributed by atoms with Gasteiger partial charge in [-0.2, -0.15) is 0 Å². The minimum atomic E-state index is -0.325. The Hall–Kier alpha value is -3.35. The van der Waals surface area contributed by atoms with Crippen LogP contribution < -0.4 is 9.47 Å². The number of methoxy groups -OCH3 is 2. The first-order valence-corrected chi connectivity index (χ1v) is 8.92. The number of ether oxygens (including phenoxy) is 2. The molecule has 0 saturated heterocycles. The molecule has 0 saturated carbocycles. The molecule has 1 aromatic heterocycles. The van der Waals surface area contributed by atoms with Crippen molar-refractivity contribution in [3.63, 3.8) is 0 Å². The van der Waals surface area contributed by atoms with Crippen molar-refractivity contribution in [3.05, 3.63) is 71.6 Å². The number of carbonyl (C=O) groups is 1. The fraction of sp³-hybridized carbons (Fsp3) is 0.238. The summed E-state index contributed by atoms with van der Waals surface area (Å²) in [6.45, 7) is 1.07. The zero-order valence-electron chi connectivity index (χ0n) is 15.7. The van der Waals surface area contributed by atoms with Crippen LogP contribution in [-0.2, 0) is 13.0 Å². The van der Waals surface area contributed by atoms with E-state index in [4.69, 9.17) is 9.47 Å². The Labute approximate surface area is 162 Å². The van der Waals surface area contributed by atoms with Gasteiger partial charge < -0.3 is 14.4 Å². The molecule has 0 aliphatic carbocycles. The van der Waals surface area contributed by atoms with Crippen molar-refractivity contribution in [2.75, 3.05) is 20.8 Å². The Morgan fingerprint density at radius 2 is 1.75 bits per heavy atom. The van der Waals surface area contributed by atoms with Gasteiger partial charge in [-0.1, -0.05) is 0 Å². The molecule has 4 rings (SSSR count). The third-order valence-electron chi connectivity index (χ3n) is 4.97. The number of aromatic nitrogens is 2. The smallest absolute Gasteiger partial charge is 0.272 e.